The summed E-state index contributed by atoms with van der Waals surface area (Å²) in [6.45, 7) is 4.82. The first-order valence-electron chi connectivity index (χ1n) is 5.98. The Hall–Kier alpha value is -0.870. The molecule has 1 aromatic rings. The maximum atomic E-state index is 9.20. The second-order valence-corrected chi connectivity index (χ2v) is 4.61. The van der Waals surface area contributed by atoms with Crippen molar-refractivity contribution in [3.8, 4) is 0 Å². The fourth-order valence-electron chi connectivity index (χ4n) is 2.36. The molecular formula is C12H20N2O2. The van der Waals surface area contributed by atoms with Gasteiger partial charge in [-0.3, -0.25) is 0 Å². The van der Waals surface area contributed by atoms with Gasteiger partial charge in [0.1, 0.15) is 5.76 Å². The molecule has 0 spiro atoms. The molecule has 2 rings (SSSR count). The third-order valence-electron chi connectivity index (χ3n) is 3.48. The smallest absolute Gasteiger partial charge is 0.208 e. The highest BCUT2D eigenvalue weighted by atomic mass is 16.4. The van der Waals surface area contributed by atoms with Gasteiger partial charge < -0.3 is 14.8 Å². The molecule has 0 amide bonds. The Morgan fingerprint density at radius 1 is 1.44 bits per heavy atom. The fourth-order valence-corrected chi connectivity index (χ4v) is 2.36. The Kier molecular flexibility index (Phi) is 3.61. The van der Waals surface area contributed by atoms with Crippen molar-refractivity contribution < 1.29 is 9.52 Å². The molecule has 0 aliphatic heterocycles. The molecular weight excluding hydrogens is 204 g/mol. The van der Waals surface area contributed by atoms with Crippen LogP contribution >= 0.6 is 0 Å². The number of aliphatic hydroxyl groups is 1. The molecule has 2 atom stereocenters. The van der Waals surface area contributed by atoms with Crippen LogP contribution in [0.25, 0.3) is 0 Å². The number of aliphatic hydroxyl groups excluding tert-OH is 1. The van der Waals surface area contributed by atoms with Crippen molar-refractivity contribution in [2.75, 3.05) is 6.61 Å². The maximum absolute atomic E-state index is 9.20. The predicted octanol–water partition coefficient (Wildman–Crippen LogP) is 1.54. The molecule has 0 radical (unpaired) electrons. The average Bonchev–Trinajstić information content (AvgIpc) is 2.83. The SMILES string of the molecule is Cc1nc(CNC2CCCC2CO)oc1C. The zero-order chi connectivity index (χ0) is 11.5. The lowest BCUT2D eigenvalue weighted by Crippen LogP contribution is -2.33. The molecule has 1 aliphatic carbocycles. The van der Waals surface area contributed by atoms with Crippen LogP contribution in [0.1, 0.15) is 36.6 Å². The van der Waals surface area contributed by atoms with Crippen LogP contribution in [0.15, 0.2) is 4.42 Å². The lowest BCUT2D eigenvalue weighted by molar-refractivity contribution is 0.203. The van der Waals surface area contributed by atoms with Crippen LogP contribution in [0, 0.1) is 19.8 Å². The quantitative estimate of drug-likeness (QED) is 0.814. The van der Waals surface area contributed by atoms with E-state index in [-0.39, 0.29) is 6.61 Å². The molecule has 2 unspecified atom stereocenters. The first kappa shape index (κ1) is 11.6. The topological polar surface area (TPSA) is 58.3 Å². The standard InChI is InChI=1S/C12H20N2O2/c1-8-9(2)16-12(14-8)6-13-11-5-3-4-10(11)7-15/h10-11,13,15H,3-7H2,1-2H3. The summed E-state index contributed by atoms with van der Waals surface area (Å²) < 4.78 is 5.51. The largest absolute Gasteiger partial charge is 0.444 e. The number of hydrogen-bond donors (Lipinski definition) is 2. The van der Waals surface area contributed by atoms with Gasteiger partial charge in [0.2, 0.25) is 5.89 Å². The van der Waals surface area contributed by atoms with Crippen LogP contribution in [-0.4, -0.2) is 22.7 Å². The van der Waals surface area contributed by atoms with E-state index in [9.17, 15) is 5.11 Å². The monoisotopic (exact) mass is 224 g/mol. The molecule has 1 saturated carbocycles. The molecule has 1 fully saturated rings. The van der Waals surface area contributed by atoms with Gasteiger partial charge in [-0.15, -0.1) is 0 Å². The Bertz CT molecular complexity index is 329. The number of nitrogens with one attached hydrogen (secondary N) is 1. The summed E-state index contributed by atoms with van der Waals surface area (Å²) in [5.41, 5.74) is 0.960. The van der Waals surface area contributed by atoms with Crippen LogP contribution in [-0.2, 0) is 6.54 Å². The van der Waals surface area contributed by atoms with Crippen molar-refractivity contribution in [1.82, 2.24) is 10.3 Å². The summed E-state index contributed by atoms with van der Waals surface area (Å²) in [5, 5.41) is 12.6. The van der Waals surface area contributed by atoms with Crippen molar-refractivity contribution in [2.24, 2.45) is 5.92 Å². The van der Waals surface area contributed by atoms with Crippen LogP contribution in [0.3, 0.4) is 0 Å². The van der Waals surface area contributed by atoms with E-state index in [0.29, 0.717) is 18.5 Å². The molecule has 0 bridgehead atoms. The molecule has 0 saturated heterocycles. The minimum atomic E-state index is 0.279. The fraction of sp³-hybridized carbons (Fsp3) is 0.750. The van der Waals surface area contributed by atoms with Crippen molar-refractivity contribution in [2.45, 2.75) is 45.7 Å². The van der Waals surface area contributed by atoms with Gasteiger partial charge in [0, 0.05) is 12.6 Å². The van der Waals surface area contributed by atoms with E-state index in [1.807, 2.05) is 13.8 Å². The van der Waals surface area contributed by atoms with E-state index >= 15 is 0 Å². The molecule has 0 aromatic carbocycles. The van der Waals surface area contributed by atoms with Crippen molar-refractivity contribution >= 4 is 0 Å². The normalized spacial score (nSPS) is 25.2. The van der Waals surface area contributed by atoms with Gasteiger partial charge in [-0.25, -0.2) is 4.98 Å². The van der Waals surface area contributed by atoms with Crippen LogP contribution < -0.4 is 5.32 Å². The van der Waals surface area contributed by atoms with Gasteiger partial charge in [-0.2, -0.15) is 0 Å². The highest BCUT2D eigenvalue weighted by Gasteiger charge is 2.26. The molecule has 1 aromatic heterocycles. The number of nitrogens with zero attached hydrogens (tertiary/aromatic N) is 1. The van der Waals surface area contributed by atoms with E-state index in [4.69, 9.17) is 4.42 Å². The van der Waals surface area contributed by atoms with Gasteiger partial charge in [0.15, 0.2) is 0 Å². The predicted molar refractivity (Wildman–Crippen MR) is 61.0 cm³/mol. The Morgan fingerprint density at radius 3 is 2.88 bits per heavy atom. The van der Waals surface area contributed by atoms with E-state index in [0.717, 1.165) is 30.2 Å². The summed E-state index contributed by atoms with van der Waals surface area (Å²) in [5.74, 6) is 2.04. The third-order valence-corrected chi connectivity index (χ3v) is 3.48. The zero-order valence-electron chi connectivity index (χ0n) is 9.99. The van der Waals surface area contributed by atoms with Gasteiger partial charge in [0.25, 0.3) is 0 Å². The molecule has 2 N–H and O–H groups in total. The lowest BCUT2D eigenvalue weighted by atomic mass is 10.1. The third kappa shape index (κ3) is 2.44. The first-order chi connectivity index (χ1) is 7.70. The van der Waals surface area contributed by atoms with Gasteiger partial charge in [-0.1, -0.05) is 6.42 Å². The van der Waals surface area contributed by atoms with Crippen molar-refractivity contribution in [3.05, 3.63) is 17.3 Å². The van der Waals surface area contributed by atoms with Crippen LogP contribution in [0.5, 0.6) is 0 Å². The number of aromatic nitrogens is 1. The first-order valence-corrected chi connectivity index (χ1v) is 5.98. The molecule has 16 heavy (non-hydrogen) atoms. The van der Waals surface area contributed by atoms with E-state index < -0.39 is 0 Å². The zero-order valence-corrected chi connectivity index (χ0v) is 9.99. The minimum absolute atomic E-state index is 0.279. The molecule has 1 aliphatic rings. The second kappa shape index (κ2) is 4.97. The molecule has 1 heterocycles. The number of aryl methyl sites for hydroxylation is 2. The van der Waals surface area contributed by atoms with Crippen molar-refractivity contribution in [3.63, 3.8) is 0 Å². The summed E-state index contributed by atoms with van der Waals surface area (Å²) in [7, 11) is 0. The average molecular weight is 224 g/mol. The highest BCUT2D eigenvalue weighted by molar-refractivity contribution is 5.05. The van der Waals surface area contributed by atoms with Crippen LogP contribution in [0.2, 0.25) is 0 Å². The number of hydrogen-bond acceptors (Lipinski definition) is 4. The maximum Gasteiger partial charge on any atom is 0.208 e. The lowest BCUT2D eigenvalue weighted by Gasteiger charge is -2.17. The summed E-state index contributed by atoms with van der Waals surface area (Å²) >= 11 is 0. The summed E-state index contributed by atoms with van der Waals surface area (Å²) in [6, 6.07) is 0.414. The van der Waals surface area contributed by atoms with E-state index in [2.05, 4.69) is 10.3 Å². The molecule has 90 valence electrons. The highest BCUT2D eigenvalue weighted by Crippen LogP contribution is 2.25. The van der Waals surface area contributed by atoms with Crippen molar-refractivity contribution in [1.29, 1.82) is 0 Å². The second-order valence-electron chi connectivity index (χ2n) is 4.61. The summed E-state index contributed by atoms with van der Waals surface area (Å²) in [4.78, 5) is 4.33. The molecule has 4 heteroatoms. The van der Waals surface area contributed by atoms with Gasteiger partial charge in [0.05, 0.1) is 12.2 Å². The molecule has 4 nitrogen and oxygen atoms in total. The Labute approximate surface area is 96.1 Å². The minimum Gasteiger partial charge on any atom is -0.444 e. The Morgan fingerprint density at radius 2 is 2.25 bits per heavy atom. The summed E-state index contributed by atoms with van der Waals surface area (Å²) in [6.07, 6.45) is 3.47. The van der Waals surface area contributed by atoms with Gasteiger partial charge >= 0.3 is 0 Å². The Balaban J connectivity index is 1.87. The number of rotatable bonds is 4. The van der Waals surface area contributed by atoms with E-state index in [1.165, 1.54) is 6.42 Å². The number of oxazole rings is 1. The van der Waals surface area contributed by atoms with Crippen LogP contribution in [0.4, 0.5) is 0 Å². The van der Waals surface area contributed by atoms with Gasteiger partial charge in [-0.05, 0) is 32.6 Å². The van der Waals surface area contributed by atoms with E-state index in [1.54, 1.807) is 0 Å².